The average Bonchev–Trinajstić information content (AvgIpc) is 3.16. The van der Waals surface area contributed by atoms with Crippen LogP contribution in [0.5, 0.6) is 5.75 Å². The first kappa shape index (κ1) is 19.7. The van der Waals surface area contributed by atoms with Gasteiger partial charge in [0.1, 0.15) is 11.3 Å². The summed E-state index contributed by atoms with van der Waals surface area (Å²) in [4.78, 5) is 28.4. The van der Waals surface area contributed by atoms with Crippen LogP contribution in [0.3, 0.4) is 0 Å². The number of ether oxygens (including phenoxy) is 1. The summed E-state index contributed by atoms with van der Waals surface area (Å²) in [5.41, 5.74) is 2.34. The topological polar surface area (TPSA) is 86.4 Å². The second-order valence-electron chi connectivity index (χ2n) is 6.98. The van der Waals surface area contributed by atoms with Gasteiger partial charge in [-0.15, -0.1) is 0 Å². The molecule has 1 N–H and O–H groups in total. The van der Waals surface area contributed by atoms with Gasteiger partial charge in [0.05, 0.1) is 11.7 Å². The molecule has 148 valence electrons. The van der Waals surface area contributed by atoms with Gasteiger partial charge < -0.3 is 19.0 Å². The average molecular weight is 383 g/mol. The van der Waals surface area contributed by atoms with Gasteiger partial charge in [-0.3, -0.25) is 4.79 Å². The number of hydrogen-bond acceptors (Lipinski definition) is 5. The third-order valence-corrected chi connectivity index (χ3v) is 4.78. The van der Waals surface area contributed by atoms with Crippen molar-refractivity contribution in [3.63, 3.8) is 0 Å². The molecule has 0 aliphatic heterocycles. The number of aromatic nitrogens is 2. The fraction of sp³-hybridized carbons (Fsp3) is 0.381. The van der Waals surface area contributed by atoms with Gasteiger partial charge in [0.25, 0.3) is 5.91 Å². The molecule has 1 aromatic carbocycles. The molecule has 2 heterocycles. The Morgan fingerprint density at radius 2 is 2.07 bits per heavy atom. The zero-order valence-electron chi connectivity index (χ0n) is 16.6. The number of fused-ring (bicyclic) bond motifs is 1. The highest BCUT2D eigenvalue weighted by Crippen LogP contribution is 2.31. The molecule has 0 saturated heterocycles. The van der Waals surface area contributed by atoms with E-state index in [0.717, 1.165) is 29.5 Å². The van der Waals surface area contributed by atoms with Gasteiger partial charge in [0.15, 0.2) is 6.10 Å². The molecule has 0 unspecified atom stereocenters. The Morgan fingerprint density at radius 3 is 2.79 bits per heavy atom. The maximum atomic E-state index is 12.4. The number of nitrogens with zero attached hydrogens (tertiary/aromatic N) is 2. The molecular weight excluding hydrogens is 358 g/mol. The van der Waals surface area contributed by atoms with Crippen LogP contribution < -0.4 is 15.7 Å². The highest BCUT2D eigenvalue weighted by atomic mass is 16.5. The van der Waals surface area contributed by atoms with E-state index in [1.165, 1.54) is 0 Å². The highest BCUT2D eigenvalue weighted by molar-refractivity contribution is 5.89. The van der Waals surface area contributed by atoms with E-state index < -0.39 is 6.10 Å². The fourth-order valence-corrected chi connectivity index (χ4v) is 3.06. The van der Waals surface area contributed by atoms with Crippen LogP contribution in [0.1, 0.15) is 30.0 Å². The van der Waals surface area contributed by atoms with E-state index in [1.54, 1.807) is 32.4 Å². The Bertz CT molecular complexity index is 1040. The largest absolute Gasteiger partial charge is 0.480 e. The fourth-order valence-electron chi connectivity index (χ4n) is 3.06. The second kappa shape index (κ2) is 8.29. The number of nitrogens with one attached hydrogen (secondary N) is 1. The second-order valence-corrected chi connectivity index (χ2v) is 6.98. The molecule has 0 fully saturated rings. The number of rotatable bonds is 7. The van der Waals surface area contributed by atoms with Gasteiger partial charge in [-0.2, -0.15) is 0 Å². The van der Waals surface area contributed by atoms with Crippen LogP contribution >= 0.6 is 0 Å². The van der Waals surface area contributed by atoms with Crippen molar-refractivity contribution < 1.29 is 13.9 Å². The standard InChI is InChI=1S/C21H25N3O4/c1-13-10-17(19-14(2)15(3)21(26)28-18(19)11-13)27-16(4)20(25)23-6-5-8-24-9-7-22-12-24/h7,9-12,16H,5-6,8H2,1-4H3,(H,23,25)/t16-/m0/s1. The predicted octanol–water partition coefficient (Wildman–Crippen LogP) is 2.89. The van der Waals surface area contributed by atoms with Crippen LogP contribution in [0.15, 0.2) is 40.1 Å². The molecule has 2 aromatic heterocycles. The Hall–Kier alpha value is -3.09. The summed E-state index contributed by atoms with van der Waals surface area (Å²) >= 11 is 0. The summed E-state index contributed by atoms with van der Waals surface area (Å²) in [5, 5.41) is 3.62. The molecule has 0 saturated carbocycles. The van der Waals surface area contributed by atoms with E-state index in [2.05, 4.69) is 10.3 Å². The monoisotopic (exact) mass is 383 g/mol. The Morgan fingerprint density at radius 1 is 1.29 bits per heavy atom. The molecule has 3 rings (SSSR count). The zero-order chi connectivity index (χ0) is 20.3. The molecular formula is C21H25N3O4. The van der Waals surface area contributed by atoms with Crippen molar-refractivity contribution in [1.82, 2.24) is 14.9 Å². The van der Waals surface area contributed by atoms with Gasteiger partial charge in [0.2, 0.25) is 0 Å². The van der Waals surface area contributed by atoms with Gasteiger partial charge in [-0.05, 0) is 57.4 Å². The number of imidazole rings is 1. The molecule has 0 bridgehead atoms. The zero-order valence-corrected chi connectivity index (χ0v) is 16.6. The van der Waals surface area contributed by atoms with E-state index >= 15 is 0 Å². The van der Waals surface area contributed by atoms with E-state index in [0.29, 0.717) is 23.4 Å². The van der Waals surface area contributed by atoms with E-state index in [1.807, 2.05) is 30.7 Å². The molecule has 1 atom stereocenters. The van der Waals surface area contributed by atoms with Crippen LogP contribution in [0.4, 0.5) is 0 Å². The minimum Gasteiger partial charge on any atom is -0.480 e. The van der Waals surface area contributed by atoms with Crippen molar-refractivity contribution in [1.29, 1.82) is 0 Å². The number of carbonyl (C=O) groups is 1. The molecule has 1 amide bonds. The number of hydrogen-bond donors (Lipinski definition) is 1. The molecule has 7 heteroatoms. The van der Waals surface area contributed by atoms with Crippen molar-refractivity contribution in [3.8, 4) is 5.75 Å². The number of benzene rings is 1. The Balaban J connectivity index is 1.70. The minimum absolute atomic E-state index is 0.188. The summed E-state index contributed by atoms with van der Waals surface area (Å²) in [6.45, 7) is 8.52. The van der Waals surface area contributed by atoms with Gasteiger partial charge in [0, 0.05) is 31.0 Å². The van der Waals surface area contributed by atoms with E-state index in [9.17, 15) is 9.59 Å². The summed E-state index contributed by atoms with van der Waals surface area (Å²) in [6.07, 6.45) is 5.49. The lowest BCUT2D eigenvalue weighted by molar-refractivity contribution is -0.127. The minimum atomic E-state index is -0.676. The number of carbonyl (C=O) groups excluding carboxylic acids is 1. The van der Waals surface area contributed by atoms with Crippen LogP contribution in [0.2, 0.25) is 0 Å². The third-order valence-electron chi connectivity index (χ3n) is 4.78. The first-order chi connectivity index (χ1) is 13.4. The Kier molecular flexibility index (Phi) is 5.82. The van der Waals surface area contributed by atoms with Gasteiger partial charge >= 0.3 is 5.63 Å². The summed E-state index contributed by atoms with van der Waals surface area (Å²) in [5.74, 6) is 0.354. The van der Waals surface area contributed by atoms with Crippen LogP contribution in [0.25, 0.3) is 11.0 Å². The molecule has 0 aliphatic rings. The Labute approximate surface area is 163 Å². The number of aryl methyl sites for hydroxylation is 3. The lowest BCUT2D eigenvalue weighted by atomic mass is 10.0. The normalized spacial score (nSPS) is 12.1. The molecule has 0 spiro atoms. The molecule has 3 aromatic rings. The van der Waals surface area contributed by atoms with Crippen molar-refractivity contribution in [3.05, 3.63) is 58.0 Å². The SMILES string of the molecule is Cc1cc(O[C@@H](C)C(=O)NCCCn2ccnc2)c2c(C)c(C)c(=O)oc2c1. The number of amides is 1. The van der Waals surface area contributed by atoms with E-state index in [-0.39, 0.29) is 11.5 Å². The van der Waals surface area contributed by atoms with Crippen LogP contribution in [-0.2, 0) is 11.3 Å². The summed E-state index contributed by atoms with van der Waals surface area (Å²) < 4.78 is 13.3. The van der Waals surface area contributed by atoms with Crippen molar-refractivity contribution in [2.75, 3.05) is 6.54 Å². The maximum Gasteiger partial charge on any atom is 0.339 e. The van der Waals surface area contributed by atoms with Crippen LogP contribution in [-0.4, -0.2) is 28.1 Å². The molecule has 28 heavy (non-hydrogen) atoms. The first-order valence-electron chi connectivity index (χ1n) is 9.31. The molecule has 7 nitrogen and oxygen atoms in total. The lowest BCUT2D eigenvalue weighted by Crippen LogP contribution is -2.37. The van der Waals surface area contributed by atoms with E-state index in [4.69, 9.17) is 9.15 Å². The summed E-state index contributed by atoms with van der Waals surface area (Å²) in [6, 6.07) is 3.66. The molecule has 0 aliphatic carbocycles. The first-order valence-corrected chi connectivity index (χ1v) is 9.31. The quantitative estimate of drug-likeness (QED) is 0.501. The maximum absolute atomic E-state index is 12.4. The van der Waals surface area contributed by atoms with Gasteiger partial charge in [-0.25, -0.2) is 9.78 Å². The van der Waals surface area contributed by atoms with Crippen molar-refractivity contribution in [2.45, 2.75) is 46.8 Å². The smallest absolute Gasteiger partial charge is 0.339 e. The predicted molar refractivity (Wildman–Crippen MR) is 107 cm³/mol. The third kappa shape index (κ3) is 4.24. The van der Waals surface area contributed by atoms with Gasteiger partial charge in [-0.1, -0.05) is 0 Å². The highest BCUT2D eigenvalue weighted by Gasteiger charge is 2.19. The lowest BCUT2D eigenvalue weighted by Gasteiger charge is -2.18. The van der Waals surface area contributed by atoms with Crippen LogP contribution in [0, 0.1) is 20.8 Å². The van der Waals surface area contributed by atoms with Crippen molar-refractivity contribution in [2.24, 2.45) is 0 Å². The van der Waals surface area contributed by atoms with Crippen molar-refractivity contribution >= 4 is 16.9 Å². The molecule has 0 radical (unpaired) electrons. The summed E-state index contributed by atoms with van der Waals surface area (Å²) in [7, 11) is 0.